The number of rotatable bonds is 6. The number of carbonyl (C=O) groups excluding carboxylic acids is 2. The summed E-state index contributed by atoms with van der Waals surface area (Å²) in [6.07, 6.45) is 5.43. The monoisotopic (exact) mass is 466 g/mol. The fourth-order valence-corrected chi connectivity index (χ4v) is 5.06. The van der Waals surface area contributed by atoms with Crippen LogP contribution in [0.15, 0.2) is 42.5 Å². The van der Waals surface area contributed by atoms with Crippen molar-refractivity contribution in [2.45, 2.75) is 70.2 Å². The fourth-order valence-electron chi connectivity index (χ4n) is 5.06. The number of amides is 2. The molecule has 2 aliphatic rings. The van der Waals surface area contributed by atoms with Gasteiger partial charge in [-0.05, 0) is 55.0 Å². The van der Waals surface area contributed by atoms with Crippen LogP contribution in [0.5, 0.6) is 11.5 Å². The Kier molecular flexibility index (Phi) is 7.60. The van der Waals surface area contributed by atoms with E-state index in [1.807, 2.05) is 49.4 Å². The highest BCUT2D eigenvalue weighted by Gasteiger charge is 2.42. The largest absolute Gasteiger partial charge is 0.493 e. The van der Waals surface area contributed by atoms with Crippen LogP contribution in [-0.4, -0.2) is 43.2 Å². The van der Waals surface area contributed by atoms with Crippen LogP contribution in [0.2, 0.25) is 0 Å². The first-order valence-electron chi connectivity index (χ1n) is 12.1. The number of hydrogen-bond acceptors (Lipinski definition) is 5. The second-order valence-electron chi connectivity index (χ2n) is 9.15. The van der Waals surface area contributed by atoms with Crippen LogP contribution in [0.3, 0.4) is 0 Å². The lowest BCUT2D eigenvalue weighted by Gasteiger charge is -2.41. The van der Waals surface area contributed by atoms with Gasteiger partial charge in [0.15, 0.2) is 11.5 Å². The van der Waals surface area contributed by atoms with Crippen LogP contribution in [0, 0.1) is 0 Å². The van der Waals surface area contributed by atoms with E-state index in [0.29, 0.717) is 17.9 Å². The maximum absolute atomic E-state index is 13.7. The topological polar surface area (TPSA) is 77.1 Å². The highest BCUT2D eigenvalue weighted by molar-refractivity contribution is 5.88. The van der Waals surface area contributed by atoms with Crippen molar-refractivity contribution in [3.63, 3.8) is 0 Å². The van der Waals surface area contributed by atoms with Crippen molar-refractivity contribution in [3.8, 4) is 11.5 Å². The molecular formula is C27H34N2O5. The summed E-state index contributed by atoms with van der Waals surface area (Å²) >= 11 is 0. The number of fused-ring (bicyclic) bond motifs is 1. The predicted molar refractivity (Wildman–Crippen MR) is 129 cm³/mol. The molecule has 1 N–H and O–H groups in total. The Bertz CT molecular complexity index is 1000. The first kappa shape index (κ1) is 23.9. The summed E-state index contributed by atoms with van der Waals surface area (Å²) in [5, 5.41) is 3.21. The standard InChI is InChI=1S/C27H34N2O5/c1-18-14-20-15-23(32-2)24(33-3)16-22(20)25(26(30)28-21-12-8-5-9-13-21)29(18)27(31)34-17-19-10-6-4-7-11-19/h4,6-7,10-11,15-16,18,21,25H,5,8-9,12-14,17H2,1-3H3,(H,28,30)/t18-,25+/m1/s1. The quantitative estimate of drug-likeness (QED) is 0.663. The molecule has 0 unspecified atom stereocenters. The minimum atomic E-state index is -0.802. The molecular weight excluding hydrogens is 432 g/mol. The highest BCUT2D eigenvalue weighted by Crippen LogP contribution is 2.40. The lowest BCUT2D eigenvalue weighted by Crippen LogP contribution is -2.53. The molecule has 2 aromatic rings. The second kappa shape index (κ2) is 10.8. The average Bonchev–Trinajstić information content (AvgIpc) is 2.86. The van der Waals surface area contributed by atoms with E-state index in [2.05, 4.69) is 5.32 Å². The van der Waals surface area contributed by atoms with Gasteiger partial charge < -0.3 is 19.5 Å². The van der Waals surface area contributed by atoms with Crippen LogP contribution < -0.4 is 14.8 Å². The molecule has 2 amide bonds. The molecule has 7 heteroatoms. The van der Waals surface area contributed by atoms with Crippen LogP contribution in [0.1, 0.15) is 61.8 Å². The van der Waals surface area contributed by atoms with Crippen molar-refractivity contribution in [2.24, 2.45) is 0 Å². The lowest BCUT2D eigenvalue weighted by atomic mass is 9.87. The van der Waals surface area contributed by atoms with E-state index in [1.165, 1.54) is 6.42 Å². The van der Waals surface area contributed by atoms with E-state index >= 15 is 0 Å². The smallest absolute Gasteiger partial charge is 0.411 e. The zero-order chi connectivity index (χ0) is 24.1. The van der Waals surface area contributed by atoms with E-state index in [1.54, 1.807) is 19.1 Å². The number of nitrogens with one attached hydrogen (secondary N) is 1. The zero-order valence-corrected chi connectivity index (χ0v) is 20.2. The summed E-state index contributed by atoms with van der Waals surface area (Å²) in [6.45, 7) is 2.10. The molecule has 4 rings (SSSR count). The second-order valence-corrected chi connectivity index (χ2v) is 9.15. The Hall–Kier alpha value is -3.22. The maximum atomic E-state index is 13.7. The minimum Gasteiger partial charge on any atom is -0.493 e. The molecule has 0 spiro atoms. The lowest BCUT2D eigenvalue weighted by molar-refractivity contribution is -0.128. The van der Waals surface area contributed by atoms with Crippen molar-refractivity contribution in [1.82, 2.24) is 10.2 Å². The number of ether oxygens (including phenoxy) is 3. The average molecular weight is 467 g/mol. The van der Waals surface area contributed by atoms with Crippen molar-refractivity contribution < 1.29 is 23.8 Å². The number of benzene rings is 2. The SMILES string of the molecule is COc1cc2c(cc1OC)[C@@H](C(=O)NC1CCCCC1)N(C(=O)OCc1ccccc1)[C@H](C)C2. The molecule has 0 aromatic heterocycles. The summed E-state index contributed by atoms with van der Waals surface area (Å²) in [7, 11) is 3.16. The molecule has 2 aromatic carbocycles. The molecule has 1 aliphatic heterocycles. The summed E-state index contributed by atoms with van der Waals surface area (Å²) in [5.74, 6) is 0.965. The summed E-state index contributed by atoms with van der Waals surface area (Å²) < 4.78 is 16.7. The first-order valence-corrected chi connectivity index (χ1v) is 12.1. The molecule has 2 atom stereocenters. The molecule has 1 saturated carbocycles. The molecule has 0 radical (unpaired) electrons. The van der Waals surface area contributed by atoms with Crippen molar-refractivity contribution in [2.75, 3.05) is 14.2 Å². The third-order valence-electron chi connectivity index (χ3n) is 6.82. The van der Waals surface area contributed by atoms with Crippen LogP contribution >= 0.6 is 0 Å². The van der Waals surface area contributed by atoms with Gasteiger partial charge in [-0.1, -0.05) is 49.6 Å². The zero-order valence-electron chi connectivity index (χ0n) is 20.2. The van der Waals surface area contributed by atoms with Crippen LogP contribution in [-0.2, 0) is 22.6 Å². The van der Waals surface area contributed by atoms with E-state index in [4.69, 9.17) is 14.2 Å². The van der Waals surface area contributed by atoms with Gasteiger partial charge in [0.05, 0.1) is 14.2 Å². The van der Waals surface area contributed by atoms with Gasteiger partial charge in [-0.25, -0.2) is 4.79 Å². The Morgan fingerprint density at radius 2 is 1.68 bits per heavy atom. The van der Waals surface area contributed by atoms with Crippen molar-refractivity contribution >= 4 is 12.0 Å². The van der Waals surface area contributed by atoms with Crippen LogP contribution in [0.4, 0.5) is 4.79 Å². The third-order valence-corrected chi connectivity index (χ3v) is 6.82. The number of nitrogens with zero attached hydrogens (tertiary/aromatic N) is 1. The highest BCUT2D eigenvalue weighted by atomic mass is 16.6. The van der Waals surface area contributed by atoms with Crippen LogP contribution in [0.25, 0.3) is 0 Å². The Labute approximate surface area is 201 Å². The molecule has 1 aliphatic carbocycles. The number of carbonyl (C=O) groups is 2. The molecule has 0 bridgehead atoms. The van der Waals surface area contributed by atoms with Gasteiger partial charge >= 0.3 is 6.09 Å². The normalized spacial score (nSPS) is 20.3. The van der Waals surface area contributed by atoms with E-state index in [9.17, 15) is 9.59 Å². The third kappa shape index (κ3) is 5.13. The Morgan fingerprint density at radius 1 is 1.00 bits per heavy atom. The summed E-state index contributed by atoms with van der Waals surface area (Å²) in [4.78, 5) is 28.6. The Balaban J connectivity index is 1.65. The fraction of sp³-hybridized carbons (Fsp3) is 0.481. The summed E-state index contributed by atoms with van der Waals surface area (Å²) in [6, 6.07) is 12.4. The molecule has 1 fully saturated rings. The molecule has 34 heavy (non-hydrogen) atoms. The van der Waals surface area contributed by atoms with Gasteiger partial charge in [-0.15, -0.1) is 0 Å². The van der Waals surface area contributed by atoms with Gasteiger partial charge in [0.25, 0.3) is 0 Å². The molecule has 0 saturated heterocycles. The van der Waals surface area contributed by atoms with Crippen molar-refractivity contribution in [3.05, 3.63) is 59.2 Å². The maximum Gasteiger partial charge on any atom is 0.411 e. The van der Waals surface area contributed by atoms with Gasteiger partial charge in [-0.3, -0.25) is 9.69 Å². The number of hydrogen-bond donors (Lipinski definition) is 1. The number of methoxy groups -OCH3 is 2. The minimum absolute atomic E-state index is 0.129. The van der Waals surface area contributed by atoms with E-state index in [0.717, 1.165) is 42.4 Å². The van der Waals surface area contributed by atoms with E-state index in [-0.39, 0.29) is 24.6 Å². The molecule has 1 heterocycles. The van der Waals surface area contributed by atoms with Gasteiger partial charge in [0.1, 0.15) is 12.6 Å². The predicted octanol–water partition coefficient (Wildman–Crippen LogP) is 4.78. The van der Waals surface area contributed by atoms with Crippen molar-refractivity contribution in [1.29, 1.82) is 0 Å². The molecule has 7 nitrogen and oxygen atoms in total. The van der Waals surface area contributed by atoms with E-state index < -0.39 is 12.1 Å². The van der Waals surface area contributed by atoms with Gasteiger partial charge in [-0.2, -0.15) is 0 Å². The van der Waals surface area contributed by atoms with Gasteiger partial charge in [0, 0.05) is 12.1 Å². The Morgan fingerprint density at radius 3 is 2.35 bits per heavy atom. The summed E-state index contributed by atoms with van der Waals surface area (Å²) in [5.41, 5.74) is 2.62. The molecule has 182 valence electrons. The first-order chi connectivity index (χ1) is 16.5. The van der Waals surface area contributed by atoms with Gasteiger partial charge in [0.2, 0.25) is 5.91 Å².